The predicted molar refractivity (Wildman–Crippen MR) is 80.4 cm³/mol. The molecule has 0 spiro atoms. The fourth-order valence-electron chi connectivity index (χ4n) is 1.21. The summed E-state index contributed by atoms with van der Waals surface area (Å²) in [5.74, 6) is -0.442. The highest BCUT2D eigenvalue weighted by molar-refractivity contribution is 8.00. The van der Waals surface area contributed by atoms with Crippen LogP contribution in [0.5, 0.6) is 0 Å². The van der Waals surface area contributed by atoms with Gasteiger partial charge in [-0.15, -0.1) is 0 Å². The third-order valence-electron chi connectivity index (χ3n) is 2.13. The molecule has 19 heavy (non-hydrogen) atoms. The second kappa shape index (κ2) is 8.68. The Labute approximate surface area is 118 Å². The van der Waals surface area contributed by atoms with Gasteiger partial charge in [0.15, 0.2) is 0 Å². The van der Waals surface area contributed by atoms with Gasteiger partial charge in [0.2, 0.25) is 0 Å². The van der Waals surface area contributed by atoms with Crippen molar-refractivity contribution < 1.29 is 18.8 Å². The molecule has 0 aromatic rings. The lowest BCUT2D eigenvalue weighted by Gasteiger charge is -2.28. The third kappa shape index (κ3) is 9.15. The number of carbonyl (C=O) groups is 2. The first-order chi connectivity index (χ1) is 8.69. The van der Waals surface area contributed by atoms with Crippen molar-refractivity contribution in [1.82, 2.24) is 10.2 Å². The number of carbonyl (C=O) groups excluding carboxylic acids is 2. The fourth-order valence-corrected chi connectivity index (χ4v) is 1.80. The van der Waals surface area contributed by atoms with E-state index in [0.717, 1.165) is 0 Å². The molecule has 0 saturated heterocycles. The van der Waals surface area contributed by atoms with Gasteiger partial charge in [-0.05, 0) is 34.7 Å². The van der Waals surface area contributed by atoms with Gasteiger partial charge in [-0.25, -0.2) is 9.59 Å². The number of amides is 1. The number of nitrogens with zero attached hydrogens (tertiary/aromatic N) is 1. The summed E-state index contributed by atoms with van der Waals surface area (Å²) in [6.45, 7) is 7.54. The minimum Gasteiger partial charge on any atom is -0.444 e. The zero-order chi connectivity index (χ0) is 15.1. The van der Waals surface area contributed by atoms with Crippen LogP contribution in [0, 0.1) is 0 Å². The molecule has 0 aliphatic carbocycles. The first kappa shape index (κ1) is 18.6. The van der Waals surface area contributed by atoms with E-state index in [9.17, 15) is 9.59 Å². The Morgan fingerprint density at radius 1 is 1.42 bits per heavy atom. The van der Waals surface area contributed by atoms with Crippen LogP contribution in [0.2, 0.25) is 0 Å². The second-order valence-electron chi connectivity index (χ2n) is 5.14. The molecule has 0 aromatic heterocycles. The third-order valence-corrected chi connectivity index (χ3v) is 2.83. The van der Waals surface area contributed by atoms with Crippen LogP contribution < -0.4 is 5.32 Å². The smallest absolute Gasteiger partial charge is 0.410 e. The van der Waals surface area contributed by atoms with E-state index in [1.54, 1.807) is 27.8 Å². The Balaban J connectivity index is 4.65. The van der Waals surface area contributed by atoms with Crippen LogP contribution in [0.4, 0.5) is 4.79 Å². The van der Waals surface area contributed by atoms with E-state index in [4.69, 9.17) is 9.26 Å². The Morgan fingerprint density at radius 2 is 2.00 bits per heavy atom. The van der Waals surface area contributed by atoms with Crippen molar-refractivity contribution in [1.29, 1.82) is 0 Å². The summed E-state index contributed by atoms with van der Waals surface area (Å²) in [6, 6.07) is 0.0544. The molecule has 0 aliphatic heterocycles. The molecular weight excluding hydrogens is 286 g/mol. The summed E-state index contributed by atoms with van der Waals surface area (Å²) in [4.78, 5) is 24.9. The molecular formula is C11H24N2O4P2. The summed E-state index contributed by atoms with van der Waals surface area (Å²) in [6.07, 6.45) is -0.515. The van der Waals surface area contributed by atoms with Crippen LogP contribution in [0.15, 0.2) is 0 Å². The second-order valence-corrected chi connectivity index (χ2v) is 6.29. The molecule has 6 nitrogen and oxygen atoms in total. The first-order valence-corrected chi connectivity index (χ1v) is 8.71. The zero-order valence-electron chi connectivity index (χ0n) is 12.1. The number of hydrogen-bond donors (Lipinski definition) is 1. The quantitative estimate of drug-likeness (QED) is 0.757. The molecule has 1 N–H and O–H groups in total. The van der Waals surface area contributed by atoms with Gasteiger partial charge in [0.1, 0.15) is 12.1 Å². The van der Waals surface area contributed by atoms with E-state index >= 15 is 0 Å². The molecule has 0 heterocycles. The number of likely N-dealkylation sites (N-methyl/N-ethyl adjacent to an activating group) is 1. The van der Waals surface area contributed by atoms with Gasteiger partial charge in [0.05, 0.1) is 8.50 Å². The first-order valence-electron chi connectivity index (χ1n) is 6.00. The van der Waals surface area contributed by atoms with E-state index in [-0.39, 0.29) is 21.1 Å². The van der Waals surface area contributed by atoms with Gasteiger partial charge >= 0.3 is 12.1 Å². The van der Waals surface area contributed by atoms with Crippen molar-refractivity contribution in [2.45, 2.75) is 39.3 Å². The molecule has 0 fully saturated rings. The van der Waals surface area contributed by atoms with Crippen molar-refractivity contribution in [3.8, 4) is 0 Å². The molecule has 1 amide bonds. The average Bonchev–Trinajstić information content (AvgIpc) is 2.25. The Morgan fingerprint density at radius 3 is 2.42 bits per heavy atom. The van der Waals surface area contributed by atoms with Crippen molar-refractivity contribution in [3.05, 3.63) is 0 Å². The van der Waals surface area contributed by atoms with E-state index in [0.29, 0.717) is 6.54 Å². The maximum Gasteiger partial charge on any atom is 0.410 e. The molecule has 0 bridgehead atoms. The summed E-state index contributed by atoms with van der Waals surface area (Å²) in [7, 11) is 4.10. The largest absolute Gasteiger partial charge is 0.444 e. The van der Waals surface area contributed by atoms with Crippen LogP contribution >= 0.6 is 17.4 Å². The summed E-state index contributed by atoms with van der Waals surface area (Å²) in [5, 5.41) is 3.01. The predicted octanol–water partition coefficient (Wildman–Crippen LogP) is 1.76. The molecule has 0 saturated carbocycles. The Hall–Kier alpha value is -0.440. The molecule has 0 aliphatic rings. The molecule has 8 heteroatoms. The lowest BCUT2D eigenvalue weighted by molar-refractivity contribution is -0.134. The lowest BCUT2D eigenvalue weighted by atomic mass is 10.2. The molecule has 3 atom stereocenters. The van der Waals surface area contributed by atoms with Crippen molar-refractivity contribution in [3.63, 3.8) is 0 Å². The molecule has 112 valence electrons. The molecule has 3 unspecified atom stereocenters. The highest BCUT2D eigenvalue weighted by atomic mass is 32.0. The Bertz CT molecular complexity index is 308. The fraction of sp³-hybridized carbons (Fsp3) is 0.818. The summed E-state index contributed by atoms with van der Waals surface area (Å²) in [5.41, 5.74) is -0.593. The maximum absolute atomic E-state index is 12.0. The van der Waals surface area contributed by atoms with Crippen LogP contribution in [-0.2, 0) is 14.1 Å². The molecule has 0 aromatic carbocycles. The van der Waals surface area contributed by atoms with Gasteiger partial charge < -0.3 is 14.6 Å². The van der Waals surface area contributed by atoms with Gasteiger partial charge in [0.25, 0.3) is 0 Å². The number of rotatable bonds is 6. The lowest BCUT2D eigenvalue weighted by Crippen LogP contribution is -2.45. The van der Waals surface area contributed by atoms with Gasteiger partial charge in [-0.1, -0.05) is 8.93 Å². The SMILES string of the molecule is CNC(C)CN(CC(=O)OPP)C(=O)OC(C)(C)C. The minimum atomic E-state index is -0.593. The topological polar surface area (TPSA) is 67.9 Å². The van der Waals surface area contributed by atoms with Crippen molar-refractivity contribution >= 4 is 29.5 Å². The number of ether oxygens (including phenoxy) is 1. The average molecular weight is 310 g/mol. The maximum atomic E-state index is 12.0. The van der Waals surface area contributed by atoms with Crippen LogP contribution in [0.3, 0.4) is 0 Å². The van der Waals surface area contributed by atoms with E-state index < -0.39 is 17.7 Å². The zero-order valence-corrected chi connectivity index (χ0v) is 14.3. The number of nitrogens with one attached hydrogen (secondary N) is 1. The number of hydrogen-bond acceptors (Lipinski definition) is 5. The summed E-state index contributed by atoms with van der Waals surface area (Å²) >= 11 is 0. The van der Waals surface area contributed by atoms with Crippen molar-refractivity contribution in [2.24, 2.45) is 0 Å². The standard InChI is InChI=1S/C11H24N2O4P2/c1-8(12-5)6-13(7-9(14)17-19-18)10(15)16-11(2,3)4/h8,12,19H,6-7,18H2,1-5H3. The van der Waals surface area contributed by atoms with Crippen LogP contribution in [-0.4, -0.2) is 48.7 Å². The van der Waals surface area contributed by atoms with Gasteiger partial charge in [-0.2, -0.15) is 0 Å². The minimum absolute atomic E-state index is 0.0101. The van der Waals surface area contributed by atoms with Crippen LogP contribution in [0.1, 0.15) is 27.7 Å². The normalized spacial score (nSPS) is 13.4. The van der Waals surface area contributed by atoms with Crippen LogP contribution in [0.25, 0.3) is 0 Å². The molecule has 0 rings (SSSR count). The highest BCUT2D eigenvalue weighted by Crippen LogP contribution is 2.21. The Kier molecular flexibility index (Phi) is 8.47. The molecule has 0 radical (unpaired) electrons. The summed E-state index contributed by atoms with van der Waals surface area (Å²) < 4.78 is 10.1. The monoisotopic (exact) mass is 310 g/mol. The highest BCUT2D eigenvalue weighted by Gasteiger charge is 2.25. The van der Waals surface area contributed by atoms with E-state index in [2.05, 4.69) is 14.2 Å². The van der Waals surface area contributed by atoms with Crippen molar-refractivity contribution in [2.75, 3.05) is 20.1 Å². The van der Waals surface area contributed by atoms with Gasteiger partial charge in [-0.3, -0.25) is 4.90 Å². The van der Waals surface area contributed by atoms with E-state index in [1.807, 2.05) is 6.92 Å². The van der Waals surface area contributed by atoms with E-state index in [1.165, 1.54) is 4.90 Å². The van der Waals surface area contributed by atoms with Gasteiger partial charge in [0, 0.05) is 12.6 Å².